The molecule has 14 heteroatoms. The highest BCUT2D eigenvalue weighted by Crippen LogP contribution is 2.17. The summed E-state index contributed by atoms with van der Waals surface area (Å²) in [6, 6.07) is 2.39. The zero-order valence-corrected chi connectivity index (χ0v) is 16.9. The van der Waals surface area contributed by atoms with Crippen LogP contribution < -0.4 is 0 Å². The first kappa shape index (κ1) is 24.3. The second-order valence-electron chi connectivity index (χ2n) is 3.42. The molecule has 2 aromatic heterocycles. The number of carbonyl (C=O) groups excluding carboxylic acids is 1. The lowest BCUT2D eigenvalue weighted by Gasteiger charge is -1.94. The minimum atomic E-state index is -1.17. The maximum absolute atomic E-state index is 10.6. The van der Waals surface area contributed by atoms with E-state index in [9.17, 15) is 9.59 Å². The standard InChI is InChI=1S/C5HCl3N2O.C5H2Cl2N2O2.CH2Cl2/c6-3-1-2(5(8)11)4(7)10-9-3;6-3-1-2(5(10)11)4(7)9-8-3;2-1-3/h1H;1H,(H,10,11);1H2. The summed E-state index contributed by atoms with van der Waals surface area (Å²) in [5.41, 5.74) is -0.0833. The molecule has 0 aromatic carbocycles. The Balaban J connectivity index is 0.000000399. The van der Waals surface area contributed by atoms with Crippen molar-refractivity contribution in [1.82, 2.24) is 20.4 Å². The van der Waals surface area contributed by atoms with Gasteiger partial charge in [0.25, 0.3) is 5.24 Å². The second-order valence-corrected chi connectivity index (χ2v) is 6.06. The number of aromatic nitrogens is 4. The summed E-state index contributed by atoms with van der Waals surface area (Å²) in [5, 5.41) is 21.3. The summed E-state index contributed by atoms with van der Waals surface area (Å²) in [7, 11) is 0. The second kappa shape index (κ2) is 12.6. The van der Waals surface area contributed by atoms with Crippen LogP contribution in [0.15, 0.2) is 12.1 Å². The number of hydrogen-bond donors (Lipinski definition) is 1. The van der Waals surface area contributed by atoms with Crippen molar-refractivity contribution in [3.63, 3.8) is 0 Å². The van der Waals surface area contributed by atoms with Crippen LogP contribution in [-0.4, -0.2) is 42.1 Å². The summed E-state index contributed by atoms with van der Waals surface area (Å²) >= 11 is 36.3. The van der Waals surface area contributed by atoms with Gasteiger partial charge in [0.05, 0.1) is 10.9 Å². The average molecular weight is 489 g/mol. The van der Waals surface area contributed by atoms with Crippen LogP contribution in [0.3, 0.4) is 0 Å². The number of carbonyl (C=O) groups is 2. The Kier molecular flexibility index (Phi) is 12.3. The van der Waals surface area contributed by atoms with Crippen LogP contribution in [0.5, 0.6) is 0 Å². The van der Waals surface area contributed by atoms with Gasteiger partial charge in [0.1, 0.15) is 5.56 Å². The smallest absolute Gasteiger partial charge is 0.339 e. The van der Waals surface area contributed by atoms with Crippen molar-refractivity contribution in [3.05, 3.63) is 43.9 Å². The lowest BCUT2D eigenvalue weighted by molar-refractivity contribution is 0.0696. The maximum Gasteiger partial charge on any atom is 0.339 e. The molecule has 136 valence electrons. The topological polar surface area (TPSA) is 106 Å². The highest BCUT2D eigenvalue weighted by Gasteiger charge is 2.11. The zero-order valence-electron chi connectivity index (χ0n) is 11.6. The largest absolute Gasteiger partial charge is 0.478 e. The first-order chi connectivity index (χ1) is 11.6. The number of carboxylic acids is 1. The Bertz CT molecular complexity index is 686. The zero-order chi connectivity index (χ0) is 19.6. The molecule has 1 N–H and O–H groups in total. The quantitative estimate of drug-likeness (QED) is 0.464. The number of alkyl halides is 2. The van der Waals surface area contributed by atoms with Crippen LogP contribution in [0.25, 0.3) is 0 Å². The SMILES string of the molecule is ClCCl.O=C(Cl)c1cc(Cl)nnc1Cl.O=C(O)c1cc(Cl)nnc1Cl. The highest BCUT2D eigenvalue weighted by atomic mass is 35.5. The summed E-state index contributed by atoms with van der Waals surface area (Å²) < 4.78 is 0. The fraction of sp³-hybridized carbons (Fsp3) is 0.0909. The molecular weight excluding hydrogens is 484 g/mol. The van der Waals surface area contributed by atoms with E-state index in [0.29, 0.717) is 0 Å². The summed E-state index contributed by atoms with van der Waals surface area (Å²) in [4.78, 5) is 20.9. The predicted octanol–water partition coefficient (Wildman–Crippen LogP) is 5.07. The van der Waals surface area contributed by atoms with Crippen LogP contribution in [-0.2, 0) is 0 Å². The predicted molar refractivity (Wildman–Crippen MR) is 97.8 cm³/mol. The molecule has 0 aliphatic rings. The van der Waals surface area contributed by atoms with E-state index in [2.05, 4.69) is 20.4 Å². The van der Waals surface area contributed by atoms with Crippen LogP contribution in [0.4, 0.5) is 0 Å². The van der Waals surface area contributed by atoms with Gasteiger partial charge in [-0.1, -0.05) is 46.4 Å². The van der Waals surface area contributed by atoms with Gasteiger partial charge in [0, 0.05) is 0 Å². The van der Waals surface area contributed by atoms with Gasteiger partial charge in [-0.2, -0.15) is 0 Å². The van der Waals surface area contributed by atoms with Crippen molar-refractivity contribution in [1.29, 1.82) is 0 Å². The Morgan fingerprint density at radius 1 is 0.840 bits per heavy atom. The molecule has 2 heterocycles. The molecule has 2 rings (SSSR count). The normalized spacial score (nSPS) is 9.24. The molecular formula is C11H5Cl7N4O3. The number of carboxylic acid groups (broad SMARTS) is 1. The Morgan fingerprint density at radius 3 is 1.48 bits per heavy atom. The lowest BCUT2D eigenvalue weighted by atomic mass is 10.3. The van der Waals surface area contributed by atoms with Crippen molar-refractivity contribution in [2.75, 3.05) is 5.34 Å². The first-order valence-electron chi connectivity index (χ1n) is 5.56. The molecule has 7 nitrogen and oxygen atoms in total. The molecule has 0 bridgehead atoms. The van der Waals surface area contributed by atoms with Crippen molar-refractivity contribution in [2.24, 2.45) is 0 Å². The summed E-state index contributed by atoms with van der Waals surface area (Å²) in [5.74, 6) is -1.17. The molecule has 0 saturated heterocycles. The number of halogens is 7. The van der Waals surface area contributed by atoms with Gasteiger partial charge in [0.2, 0.25) is 0 Å². The number of hydrogen-bond acceptors (Lipinski definition) is 6. The van der Waals surface area contributed by atoms with Gasteiger partial charge in [-0.25, -0.2) is 4.79 Å². The maximum atomic E-state index is 10.6. The molecule has 25 heavy (non-hydrogen) atoms. The minimum absolute atomic E-state index is 0.00630. The third-order valence-corrected chi connectivity index (χ3v) is 3.01. The fourth-order valence-electron chi connectivity index (χ4n) is 0.994. The van der Waals surface area contributed by atoms with E-state index >= 15 is 0 Å². The molecule has 0 saturated carbocycles. The molecule has 0 amide bonds. The van der Waals surface area contributed by atoms with Gasteiger partial charge < -0.3 is 5.11 Å². The van der Waals surface area contributed by atoms with E-state index in [1.807, 2.05) is 0 Å². The van der Waals surface area contributed by atoms with Crippen LogP contribution >= 0.6 is 81.2 Å². The molecule has 0 aliphatic heterocycles. The van der Waals surface area contributed by atoms with E-state index in [1.165, 1.54) is 6.07 Å². The van der Waals surface area contributed by atoms with Crippen LogP contribution in [0, 0.1) is 0 Å². The van der Waals surface area contributed by atoms with E-state index in [1.54, 1.807) is 0 Å². The Labute approximate surface area is 176 Å². The number of rotatable bonds is 2. The van der Waals surface area contributed by atoms with Crippen molar-refractivity contribution >= 4 is 92.4 Å². The highest BCUT2D eigenvalue weighted by molar-refractivity contribution is 6.68. The van der Waals surface area contributed by atoms with Crippen molar-refractivity contribution in [2.45, 2.75) is 0 Å². The fourth-order valence-corrected chi connectivity index (χ4v) is 1.83. The Hall–Kier alpha value is -0.670. The van der Waals surface area contributed by atoms with E-state index in [4.69, 9.17) is 86.3 Å². The lowest BCUT2D eigenvalue weighted by Crippen LogP contribution is -2.00. The van der Waals surface area contributed by atoms with Crippen molar-refractivity contribution < 1.29 is 14.7 Å². The van der Waals surface area contributed by atoms with Gasteiger partial charge in [0.15, 0.2) is 20.6 Å². The number of aromatic carboxylic acids is 1. The van der Waals surface area contributed by atoms with E-state index in [0.717, 1.165) is 6.07 Å². The van der Waals surface area contributed by atoms with E-state index < -0.39 is 11.2 Å². The van der Waals surface area contributed by atoms with Gasteiger partial charge in [-0.05, 0) is 23.7 Å². The summed E-state index contributed by atoms with van der Waals surface area (Å²) in [6.07, 6.45) is 0. The van der Waals surface area contributed by atoms with Gasteiger partial charge in [-0.3, -0.25) is 4.79 Å². The van der Waals surface area contributed by atoms with Gasteiger partial charge in [-0.15, -0.1) is 43.6 Å². The molecule has 0 unspecified atom stereocenters. The van der Waals surface area contributed by atoms with Crippen molar-refractivity contribution in [3.8, 4) is 0 Å². The third kappa shape index (κ3) is 9.55. The minimum Gasteiger partial charge on any atom is -0.478 e. The molecule has 0 aliphatic carbocycles. The van der Waals surface area contributed by atoms with E-state index in [-0.39, 0.29) is 37.1 Å². The average Bonchev–Trinajstić information content (AvgIpc) is 2.53. The first-order valence-corrected chi connectivity index (χ1v) is 8.52. The molecule has 0 radical (unpaired) electrons. The van der Waals surface area contributed by atoms with Crippen LogP contribution in [0.1, 0.15) is 20.7 Å². The monoisotopic (exact) mass is 486 g/mol. The molecule has 2 aromatic rings. The van der Waals surface area contributed by atoms with Gasteiger partial charge >= 0.3 is 5.97 Å². The molecule has 0 atom stereocenters. The third-order valence-electron chi connectivity index (χ3n) is 1.88. The summed E-state index contributed by atoms with van der Waals surface area (Å²) in [6.45, 7) is 0. The van der Waals surface area contributed by atoms with Crippen LogP contribution in [0.2, 0.25) is 20.6 Å². The molecule has 0 spiro atoms. The Morgan fingerprint density at radius 2 is 1.20 bits per heavy atom. The number of nitrogens with zero attached hydrogens (tertiary/aromatic N) is 4. The molecule has 0 fully saturated rings.